The van der Waals surface area contributed by atoms with E-state index in [4.69, 9.17) is 21.1 Å². The van der Waals surface area contributed by atoms with Crippen molar-refractivity contribution in [2.45, 2.75) is 25.4 Å². The van der Waals surface area contributed by atoms with E-state index in [0.717, 1.165) is 5.56 Å². The van der Waals surface area contributed by atoms with Crippen LogP contribution in [-0.2, 0) is 11.2 Å². The second-order valence-electron chi connectivity index (χ2n) is 7.72. The van der Waals surface area contributed by atoms with E-state index in [1.165, 1.54) is 6.07 Å². The van der Waals surface area contributed by atoms with Gasteiger partial charge in [0, 0.05) is 6.42 Å². The largest absolute Gasteiger partial charge is 0.497 e. The van der Waals surface area contributed by atoms with Crippen LogP contribution in [0, 0.1) is 0 Å². The van der Waals surface area contributed by atoms with Crippen LogP contribution in [0.2, 0.25) is 5.02 Å². The lowest BCUT2D eigenvalue weighted by Crippen LogP contribution is -2.42. The first kappa shape index (κ1) is 25.6. The highest BCUT2D eigenvalue weighted by Gasteiger charge is 2.22. The van der Waals surface area contributed by atoms with E-state index in [2.05, 4.69) is 10.6 Å². The molecule has 0 saturated heterocycles. The number of nitrogens with one attached hydrogen (secondary N) is 2. The minimum absolute atomic E-state index is 0.0326. The quantitative estimate of drug-likeness (QED) is 0.398. The van der Waals surface area contributed by atoms with Crippen LogP contribution in [0.4, 0.5) is 4.79 Å². The number of rotatable bonds is 9. The predicted octanol–water partition coefficient (Wildman–Crippen LogP) is 4.62. The molecule has 0 saturated carbocycles. The summed E-state index contributed by atoms with van der Waals surface area (Å²) in [6.45, 7) is 1.82. The Hall–Kier alpha value is -4.04. The van der Waals surface area contributed by atoms with Gasteiger partial charge in [0.05, 0.1) is 23.7 Å². The molecular formula is C26H25ClN2O6. The van der Waals surface area contributed by atoms with E-state index >= 15 is 0 Å². The summed E-state index contributed by atoms with van der Waals surface area (Å²) in [6, 6.07) is 18.6. The van der Waals surface area contributed by atoms with Gasteiger partial charge >= 0.3 is 12.1 Å². The fourth-order valence-electron chi connectivity index (χ4n) is 3.32. The van der Waals surface area contributed by atoms with Crippen LogP contribution >= 0.6 is 11.6 Å². The van der Waals surface area contributed by atoms with E-state index in [1.54, 1.807) is 49.6 Å². The molecule has 35 heavy (non-hydrogen) atoms. The first-order valence-corrected chi connectivity index (χ1v) is 11.1. The molecule has 0 unspecified atom stereocenters. The van der Waals surface area contributed by atoms with Gasteiger partial charge in [0.25, 0.3) is 5.91 Å². The average molecular weight is 497 g/mol. The lowest BCUT2D eigenvalue weighted by atomic mass is 10.1. The number of hydrogen-bond acceptors (Lipinski definition) is 5. The highest BCUT2D eigenvalue weighted by Crippen LogP contribution is 2.20. The standard InChI is InChI=1S/C26H25ClN2O6/c1-16(18-6-5-7-20(15-18)34-2)28-26(33)35-19-12-10-17(11-13-19)14-23(25(31)32)29-24(30)21-8-3-4-9-22(21)27/h3-13,15-16,23H,14H2,1-2H3,(H,28,33)(H,29,30)(H,31,32)/t16-,23+/m1/s1. The van der Waals surface area contributed by atoms with Gasteiger partial charge in [-0.05, 0) is 54.4 Å². The van der Waals surface area contributed by atoms with Crippen LogP contribution in [0.15, 0.2) is 72.8 Å². The van der Waals surface area contributed by atoms with Gasteiger partial charge in [-0.1, -0.05) is 48.0 Å². The van der Waals surface area contributed by atoms with Crippen LogP contribution in [0.1, 0.15) is 34.5 Å². The van der Waals surface area contributed by atoms with Crippen molar-refractivity contribution in [3.8, 4) is 11.5 Å². The topological polar surface area (TPSA) is 114 Å². The van der Waals surface area contributed by atoms with Gasteiger partial charge in [0.2, 0.25) is 0 Å². The molecule has 182 valence electrons. The van der Waals surface area contributed by atoms with Gasteiger partial charge in [-0.15, -0.1) is 0 Å². The highest BCUT2D eigenvalue weighted by molar-refractivity contribution is 6.33. The minimum Gasteiger partial charge on any atom is -0.497 e. The Balaban J connectivity index is 1.58. The number of ether oxygens (including phenoxy) is 2. The van der Waals surface area contributed by atoms with Gasteiger partial charge in [0.15, 0.2) is 0 Å². The first-order chi connectivity index (χ1) is 16.8. The molecule has 3 N–H and O–H groups in total. The molecule has 3 aromatic carbocycles. The van der Waals surface area contributed by atoms with E-state index in [-0.39, 0.29) is 28.8 Å². The lowest BCUT2D eigenvalue weighted by Gasteiger charge is -2.16. The fraction of sp³-hybridized carbons (Fsp3) is 0.192. The zero-order chi connectivity index (χ0) is 25.4. The number of methoxy groups -OCH3 is 1. The molecule has 2 atom stereocenters. The molecule has 0 aliphatic heterocycles. The number of aliphatic carboxylic acids is 1. The van der Waals surface area contributed by atoms with Crippen LogP contribution in [0.25, 0.3) is 0 Å². The number of benzene rings is 3. The highest BCUT2D eigenvalue weighted by atomic mass is 35.5. The monoisotopic (exact) mass is 496 g/mol. The Bertz CT molecular complexity index is 1200. The molecule has 0 aliphatic rings. The van der Waals surface area contributed by atoms with Gasteiger partial charge in [0.1, 0.15) is 17.5 Å². The molecular weight excluding hydrogens is 472 g/mol. The van der Waals surface area contributed by atoms with Gasteiger partial charge in [-0.3, -0.25) is 4.79 Å². The van der Waals surface area contributed by atoms with Crippen molar-refractivity contribution in [3.05, 3.63) is 94.5 Å². The maximum absolute atomic E-state index is 12.4. The van der Waals surface area contributed by atoms with Crippen molar-refractivity contribution >= 4 is 29.6 Å². The zero-order valence-corrected chi connectivity index (χ0v) is 19.9. The molecule has 0 bridgehead atoms. The molecule has 3 rings (SSSR count). The SMILES string of the molecule is COc1cccc([C@@H](C)NC(=O)Oc2ccc(C[C@H](NC(=O)c3ccccc3Cl)C(=O)O)cc2)c1. The Labute approximate surface area is 207 Å². The summed E-state index contributed by atoms with van der Waals surface area (Å²) in [7, 11) is 1.57. The number of amides is 2. The van der Waals surface area contributed by atoms with Crippen LogP contribution in [0.3, 0.4) is 0 Å². The van der Waals surface area contributed by atoms with E-state index in [9.17, 15) is 19.5 Å². The van der Waals surface area contributed by atoms with Crippen molar-refractivity contribution in [1.82, 2.24) is 10.6 Å². The smallest absolute Gasteiger partial charge is 0.413 e. The van der Waals surface area contributed by atoms with Gasteiger partial charge in [-0.25, -0.2) is 9.59 Å². The Morgan fingerprint density at radius 1 is 0.943 bits per heavy atom. The number of carbonyl (C=O) groups is 3. The van der Waals surface area contributed by atoms with E-state index in [0.29, 0.717) is 11.3 Å². The molecule has 3 aromatic rings. The van der Waals surface area contributed by atoms with Crippen molar-refractivity contribution in [2.75, 3.05) is 7.11 Å². The Morgan fingerprint density at radius 3 is 2.31 bits per heavy atom. The number of carboxylic acids is 1. The van der Waals surface area contributed by atoms with Crippen LogP contribution < -0.4 is 20.1 Å². The second-order valence-corrected chi connectivity index (χ2v) is 8.13. The molecule has 0 fully saturated rings. The maximum Gasteiger partial charge on any atom is 0.413 e. The van der Waals surface area contributed by atoms with Crippen molar-refractivity contribution < 1.29 is 29.0 Å². The van der Waals surface area contributed by atoms with Crippen molar-refractivity contribution in [2.24, 2.45) is 0 Å². The average Bonchev–Trinajstić information content (AvgIpc) is 2.84. The fourth-order valence-corrected chi connectivity index (χ4v) is 3.54. The molecule has 0 heterocycles. The molecule has 2 amide bonds. The molecule has 0 radical (unpaired) electrons. The molecule has 9 heteroatoms. The summed E-state index contributed by atoms with van der Waals surface area (Å²) < 4.78 is 10.5. The normalized spacial score (nSPS) is 12.2. The summed E-state index contributed by atoms with van der Waals surface area (Å²) in [5.74, 6) is -0.791. The van der Waals surface area contributed by atoms with E-state index in [1.807, 2.05) is 31.2 Å². The number of halogens is 1. The molecule has 0 aromatic heterocycles. The molecule has 0 spiro atoms. The molecule has 0 aliphatic carbocycles. The predicted molar refractivity (Wildman–Crippen MR) is 131 cm³/mol. The lowest BCUT2D eigenvalue weighted by molar-refractivity contribution is -0.139. The zero-order valence-electron chi connectivity index (χ0n) is 19.2. The minimum atomic E-state index is -1.18. The summed E-state index contributed by atoms with van der Waals surface area (Å²) in [5.41, 5.74) is 1.68. The van der Waals surface area contributed by atoms with E-state index < -0.39 is 24.0 Å². The number of carbonyl (C=O) groups excluding carboxylic acids is 2. The number of hydrogen-bond donors (Lipinski definition) is 3. The third-order valence-electron chi connectivity index (χ3n) is 5.22. The summed E-state index contributed by atoms with van der Waals surface area (Å²) in [6.07, 6.45) is -0.603. The third-order valence-corrected chi connectivity index (χ3v) is 5.55. The maximum atomic E-state index is 12.4. The van der Waals surface area contributed by atoms with Gasteiger partial charge in [-0.2, -0.15) is 0 Å². The van der Waals surface area contributed by atoms with Crippen LogP contribution in [0.5, 0.6) is 11.5 Å². The third kappa shape index (κ3) is 7.22. The van der Waals surface area contributed by atoms with Gasteiger partial charge < -0.3 is 25.2 Å². The molecule has 8 nitrogen and oxygen atoms in total. The number of carboxylic acid groups (broad SMARTS) is 1. The summed E-state index contributed by atoms with van der Waals surface area (Å²) in [5, 5.41) is 15.0. The first-order valence-electron chi connectivity index (χ1n) is 10.8. The van der Waals surface area contributed by atoms with Crippen LogP contribution in [-0.4, -0.2) is 36.2 Å². The summed E-state index contributed by atoms with van der Waals surface area (Å²) >= 11 is 6.02. The summed E-state index contributed by atoms with van der Waals surface area (Å²) in [4.78, 5) is 36.4. The van der Waals surface area contributed by atoms with Crippen molar-refractivity contribution in [3.63, 3.8) is 0 Å². The second kappa shape index (κ2) is 11.9. The Morgan fingerprint density at radius 2 is 1.66 bits per heavy atom. The Kier molecular flexibility index (Phi) is 8.69. The van der Waals surface area contributed by atoms with Crippen molar-refractivity contribution in [1.29, 1.82) is 0 Å².